The lowest BCUT2D eigenvalue weighted by Crippen LogP contribution is -2.32. The fourth-order valence-corrected chi connectivity index (χ4v) is 6.48. The highest BCUT2D eigenvalue weighted by Gasteiger charge is 2.35. The van der Waals surface area contributed by atoms with Crippen molar-refractivity contribution in [1.82, 2.24) is 0 Å². The van der Waals surface area contributed by atoms with Gasteiger partial charge >= 0.3 is 5.97 Å². The smallest absolute Gasteiger partial charge is 0.348 e. The number of halogens is 1. The van der Waals surface area contributed by atoms with Crippen LogP contribution in [-0.4, -0.2) is 23.8 Å². The van der Waals surface area contributed by atoms with Crippen LogP contribution < -0.4 is 9.97 Å². The fraction of sp³-hybridized carbons (Fsp3) is 0.421. The van der Waals surface area contributed by atoms with Crippen LogP contribution in [0.4, 0.5) is 5.69 Å². The molecule has 1 N–H and O–H groups in total. The average molecular weight is 414 g/mol. The number of carboxylic acids is 1. The highest BCUT2D eigenvalue weighted by molar-refractivity contribution is 7.72. The average Bonchev–Trinajstić information content (AvgIpc) is 2.92. The second-order valence-electron chi connectivity index (χ2n) is 7.67. The molecular weight excluding hydrogens is 389 g/mol. The second-order valence-corrected chi connectivity index (χ2v) is 11.9. The van der Waals surface area contributed by atoms with E-state index >= 15 is 0 Å². The molecule has 0 aliphatic heterocycles. The molecule has 0 aliphatic carbocycles. The number of thiophene rings is 1. The van der Waals surface area contributed by atoms with Gasteiger partial charge < -0.3 is 9.78 Å². The van der Waals surface area contributed by atoms with Crippen molar-refractivity contribution in [2.24, 2.45) is 0 Å². The van der Waals surface area contributed by atoms with Crippen molar-refractivity contribution in [3.8, 4) is 0 Å². The minimum atomic E-state index is -3.04. The minimum absolute atomic E-state index is 0.137. The zero-order valence-corrected chi connectivity index (χ0v) is 18.4. The Hall–Kier alpha value is -1.29. The molecule has 1 atom stereocenters. The molecule has 4 nitrogen and oxygen atoms in total. The summed E-state index contributed by atoms with van der Waals surface area (Å²) < 4.78 is 15.6. The van der Waals surface area contributed by atoms with Crippen molar-refractivity contribution in [1.29, 1.82) is 0 Å². The molecule has 0 saturated heterocycles. The third-order valence-electron chi connectivity index (χ3n) is 4.10. The van der Waals surface area contributed by atoms with Gasteiger partial charge in [0.25, 0.3) is 0 Å². The quantitative estimate of drug-likeness (QED) is 0.625. The summed E-state index contributed by atoms with van der Waals surface area (Å²) in [7, 11) is -3.04. The number of nitrogens with zero attached hydrogens (tertiary/aromatic N) is 1. The molecule has 1 aromatic carbocycles. The second kappa shape index (κ2) is 7.38. The molecule has 2 rings (SSSR count). The first-order valence-corrected chi connectivity index (χ1v) is 11.7. The van der Waals surface area contributed by atoms with Gasteiger partial charge in [-0.05, 0) is 49.6 Å². The zero-order valence-electron chi connectivity index (χ0n) is 15.9. The summed E-state index contributed by atoms with van der Waals surface area (Å²) in [6, 6.07) is 8.64. The van der Waals surface area contributed by atoms with E-state index in [9.17, 15) is 14.5 Å². The van der Waals surface area contributed by atoms with Crippen LogP contribution in [0.1, 0.15) is 49.2 Å². The molecule has 142 valence electrons. The van der Waals surface area contributed by atoms with Crippen LogP contribution >= 0.6 is 30.2 Å². The minimum Gasteiger partial charge on any atom is -0.477 e. The van der Waals surface area contributed by atoms with Crippen molar-refractivity contribution < 1.29 is 14.5 Å². The lowest BCUT2D eigenvalue weighted by molar-refractivity contribution is 0.0703. The highest BCUT2D eigenvalue weighted by Crippen LogP contribution is 2.52. The number of carbonyl (C=O) groups is 1. The molecule has 0 aliphatic rings. The number of aromatic carboxylic acids is 1. The van der Waals surface area contributed by atoms with Gasteiger partial charge in [-0.3, -0.25) is 4.57 Å². The van der Waals surface area contributed by atoms with Gasteiger partial charge in [0.05, 0.1) is 5.69 Å². The van der Waals surface area contributed by atoms with E-state index in [-0.39, 0.29) is 16.3 Å². The summed E-state index contributed by atoms with van der Waals surface area (Å²) >= 11 is 7.21. The molecule has 7 heteroatoms. The molecule has 0 unspecified atom stereocenters. The summed E-state index contributed by atoms with van der Waals surface area (Å²) in [6.07, 6.45) is 0. The Bertz CT molecular complexity index is 853. The molecule has 0 saturated carbocycles. The molecule has 0 bridgehead atoms. The van der Waals surface area contributed by atoms with E-state index < -0.39 is 13.3 Å². The summed E-state index contributed by atoms with van der Waals surface area (Å²) in [5, 5.41) is 10.9. The van der Waals surface area contributed by atoms with Gasteiger partial charge in [0, 0.05) is 27.9 Å². The molecule has 0 radical (unpaired) electrons. The van der Waals surface area contributed by atoms with Crippen LogP contribution in [-0.2, 0) is 9.98 Å². The van der Waals surface area contributed by atoms with E-state index in [1.54, 1.807) is 35.6 Å². The normalized spacial score (nSPS) is 14.3. The number of anilines is 1. The number of carboxylic acid groups (broad SMARTS) is 1. The highest BCUT2D eigenvalue weighted by atomic mass is 35.5. The lowest BCUT2D eigenvalue weighted by atomic mass is 9.94. The molecule has 1 aromatic heterocycles. The van der Waals surface area contributed by atoms with Crippen LogP contribution in [0.3, 0.4) is 0 Å². The maximum Gasteiger partial charge on any atom is 0.348 e. The molecular formula is C19H25ClNO3PS. The molecule has 1 heterocycles. The van der Waals surface area contributed by atoms with Gasteiger partial charge in [-0.2, -0.15) is 0 Å². The molecule has 0 fully saturated rings. The van der Waals surface area contributed by atoms with E-state index in [1.165, 1.54) is 11.3 Å². The topological polar surface area (TPSA) is 57.6 Å². The van der Waals surface area contributed by atoms with Crippen LogP contribution in [0.2, 0.25) is 5.02 Å². The Morgan fingerprint density at radius 3 is 2.19 bits per heavy atom. The number of benzene rings is 1. The van der Waals surface area contributed by atoms with Gasteiger partial charge in [-0.25, -0.2) is 4.79 Å². The third kappa shape index (κ3) is 4.16. The van der Waals surface area contributed by atoms with Gasteiger partial charge in [-0.1, -0.05) is 32.4 Å². The summed E-state index contributed by atoms with van der Waals surface area (Å²) in [4.78, 5) is 13.0. The van der Waals surface area contributed by atoms with Gasteiger partial charge in [0.2, 0.25) is 0 Å². The maximum atomic E-state index is 13.8. The van der Waals surface area contributed by atoms with Crippen LogP contribution in [0.15, 0.2) is 30.3 Å². The van der Waals surface area contributed by atoms with E-state index in [1.807, 2.05) is 40.7 Å². The molecule has 2 aromatic rings. The predicted octanol–water partition coefficient (Wildman–Crippen LogP) is 5.85. The van der Waals surface area contributed by atoms with Crippen molar-refractivity contribution >= 4 is 47.2 Å². The van der Waals surface area contributed by atoms with Crippen molar-refractivity contribution in [3.05, 3.63) is 45.1 Å². The Labute approximate surface area is 164 Å². The summed E-state index contributed by atoms with van der Waals surface area (Å²) in [5.41, 5.74) is 0.330. The molecule has 0 amide bonds. The number of hydrogen-bond donors (Lipinski definition) is 1. The van der Waals surface area contributed by atoms with Crippen molar-refractivity contribution in [2.45, 2.75) is 46.1 Å². The van der Waals surface area contributed by atoms with Crippen molar-refractivity contribution in [3.63, 3.8) is 0 Å². The SMILES string of the molecule is CC(C)N(c1cc(C(C)(C)C)sc1C(=O)O)[P@@](C)(=O)c1ccc(Cl)cc1. The van der Waals surface area contributed by atoms with E-state index in [4.69, 9.17) is 11.6 Å². The fourth-order valence-electron chi connectivity index (χ4n) is 2.84. The molecule has 0 spiro atoms. The molecule has 26 heavy (non-hydrogen) atoms. The monoisotopic (exact) mass is 413 g/mol. The van der Waals surface area contributed by atoms with E-state index in [0.717, 1.165) is 4.88 Å². The Kier molecular flexibility index (Phi) is 5.96. The maximum absolute atomic E-state index is 13.8. The van der Waals surface area contributed by atoms with Crippen molar-refractivity contribution in [2.75, 3.05) is 11.3 Å². The Balaban J connectivity index is 2.67. The number of hydrogen-bond acceptors (Lipinski definition) is 3. The Morgan fingerprint density at radius 2 is 1.77 bits per heavy atom. The predicted molar refractivity (Wildman–Crippen MR) is 112 cm³/mol. The lowest BCUT2D eigenvalue weighted by Gasteiger charge is -2.35. The third-order valence-corrected chi connectivity index (χ3v) is 8.64. The van der Waals surface area contributed by atoms with Crippen LogP contribution in [0, 0.1) is 0 Å². The van der Waals surface area contributed by atoms with E-state index in [2.05, 4.69) is 0 Å². The largest absolute Gasteiger partial charge is 0.477 e. The Morgan fingerprint density at radius 1 is 1.23 bits per heavy atom. The summed E-state index contributed by atoms with van der Waals surface area (Å²) in [5.74, 6) is -0.998. The van der Waals surface area contributed by atoms with Gasteiger partial charge in [-0.15, -0.1) is 11.3 Å². The van der Waals surface area contributed by atoms with Gasteiger partial charge in [0.15, 0.2) is 7.29 Å². The van der Waals surface area contributed by atoms with E-state index in [0.29, 0.717) is 16.0 Å². The first kappa shape index (κ1) is 21.0. The standard InChI is InChI=1S/C19H25ClNO3PS/c1-12(2)21(25(6,24)14-9-7-13(20)8-10-14)15-11-16(19(3,4)5)26-17(15)18(22)23/h7-12H,1-6H3,(H,22,23)/t25-/m0/s1. The number of rotatable bonds is 5. The summed E-state index contributed by atoms with van der Waals surface area (Å²) in [6.45, 7) is 11.6. The van der Waals surface area contributed by atoms with Crippen LogP contribution in [0.25, 0.3) is 0 Å². The zero-order chi connectivity index (χ0) is 19.9. The van der Waals surface area contributed by atoms with Gasteiger partial charge in [0.1, 0.15) is 4.88 Å². The first-order valence-electron chi connectivity index (χ1n) is 8.36. The van der Waals surface area contributed by atoms with Crippen LogP contribution in [0.5, 0.6) is 0 Å². The first-order chi connectivity index (χ1) is 11.9.